The molecule has 0 aromatic heterocycles. The Balaban J connectivity index is 3.49. The summed E-state index contributed by atoms with van der Waals surface area (Å²) in [6.07, 6.45) is -1.20. The molecule has 1 N–H and O–H groups in total. The fraction of sp³-hybridized carbons (Fsp3) is 1.00. The SMILES string of the molecule is COC(C)COC(O)C(C)OC. The summed E-state index contributed by atoms with van der Waals surface area (Å²) in [7, 11) is 3.12. The lowest BCUT2D eigenvalue weighted by molar-refractivity contribution is -0.178. The summed E-state index contributed by atoms with van der Waals surface area (Å²) in [5.74, 6) is 0. The molecule has 0 radical (unpaired) electrons. The zero-order valence-corrected chi connectivity index (χ0v) is 8.11. The van der Waals surface area contributed by atoms with Gasteiger partial charge in [0.05, 0.1) is 12.7 Å². The Bertz CT molecular complexity index is 107. The Morgan fingerprint density at radius 2 is 1.75 bits per heavy atom. The number of hydrogen-bond acceptors (Lipinski definition) is 4. The molecular formula is C8H18O4. The maximum absolute atomic E-state index is 9.26. The molecule has 0 spiro atoms. The highest BCUT2D eigenvalue weighted by Gasteiger charge is 2.14. The average Bonchev–Trinajstić information content (AvgIpc) is 2.11. The fourth-order valence-electron chi connectivity index (χ4n) is 0.554. The van der Waals surface area contributed by atoms with E-state index in [0.29, 0.717) is 6.61 Å². The van der Waals surface area contributed by atoms with Crippen LogP contribution in [0.2, 0.25) is 0 Å². The minimum Gasteiger partial charge on any atom is -0.379 e. The van der Waals surface area contributed by atoms with Crippen molar-refractivity contribution in [3.05, 3.63) is 0 Å². The minimum atomic E-state index is -0.882. The van der Waals surface area contributed by atoms with E-state index in [1.807, 2.05) is 6.92 Å². The summed E-state index contributed by atoms with van der Waals surface area (Å²) in [5, 5.41) is 9.26. The van der Waals surface area contributed by atoms with Crippen molar-refractivity contribution >= 4 is 0 Å². The van der Waals surface area contributed by atoms with Crippen molar-refractivity contribution in [1.82, 2.24) is 0 Å². The van der Waals surface area contributed by atoms with Crippen LogP contribution in [0.1, 0.15) is 13.8 Å². The highest BCUT2D eigenvalue weighted by atomic mass is 16.6. The summed E-state index contributed by atoms with van der Waals surface area (Å²) in [5.41, 5.74) is 0. The van der Waals surface area contributed by atoms with Crippen molar-refractivity contribution in [2.75, 3.05) is 20.8 Å². The van der Waals surface area contributed by atoms with Crippen LogP contribution in [0, 0.1) is 0 Å². The fourth-order valence-corrected chi connectivity index (χ4v) is 0.554. The molecule has 3 unspecified atom stereocenters. The molecule has 0 saturated carbocycles. The van der Waals surface area contributed by atoms with Crippen LogP contribution < -0.4 is 0 Å². The summed E-state index contributed by atoms with van der Waals surface area (Å²) in [6.45, 7) is 3.97. The Kier molecular flexibility index (Phi) is 6.28. The largest absolute Gasteiger partial charge is 0.379 e. The van der Waals surface area contributed by atoms with Crippen LogP contribution in [-0.2, 0) is 14.2 Å². The second-order valence-corrected chi connectivity index (χ2v) is 2.71. The predicted molar refractivity (Wildman–Crippen MR) is 44.9 cm³/mol. The average molecular weight is 178 g/mol. The minimum absolute atomic E-state index is 0.0105. The van der Waals surface area contributed by atoms with E-state index in [2.05, 4.69) is 0 Å². The topological polar surface area (TPSA) is 47.9 Å². The van der Waals surface area contributed by atoms with Crippen molar-refractivity contribution < 1.29 is 19.3 Å². The van der Waals surface area contributed by atoms with E-state index in [0.717, 1.165) is 0 Å². The lowest BCUT2D eigenvalue weighted by atomic mass is 10.4. The second-order valence-electron chi connectivity index (χ2n) is 2.71. The summed E-state index contributed by atoms with van der Waals surface area (Å²) < 4.78 is 14.9. The highest BCUT2D eigenvalue weighted by Crippen LogP contribution is 2.00. The summed E-state index contributed by atoms with van der Waals surface area (Å²) in [6, 6.07) is 0. The van der Waals surface area contributed by atoms with Gasteiger partial charge in [0.15, 0.2) is 6.29 Å². The quantitative estimate of drug-likeness (QED) is 0.598. The summed E-state index contributed by atoms with van der Waals surface area (Å²) in [4.78, 5) is 0. The maximum atomic E-state index is 9.26. The van der Waals surface area contributed by atoms with Gasteiger partial charge in [-0.05, 0) is 13.8 Å². The third-order valence-electron chi connectivity index (χ3n) is 1.68. The molecule has 4 nitrogen and oxygen atoms in total. The van der Waals surface area contributed by atoms with Gasteiger partial charge in [0, 0.05) is 14.2 Å². The molecule has 0 aromatic carbocycles. The van der Waals surface area contributed by atoms with Crippen molar-refractivity contribution in [3.8, 4) is 0 Å². The molecule has 0 fully saturated rings. The highest BCUT2D eigenvalue weighted by molar-refractivity contribution is 4.53. The Labute approximate surface area is 73.4 Å². The molecule has 0 saturated heterocycles. The first-order valence-corrected chi connectivity index (χ1v) is 3.97. The van der Waals surface area contributed by atoms with E-state index in [-0.39, 0.29) is 12.2 Å². The Morgan fingerprint density at radius 1 is 1.17 bits per heavy atom. The standard InChI is InChI=1S/C8H18O4/c1-6(10-3)5-12-8(9)7(2)11-4/h6-9H,5H2,1-4H3. The van der Waals surface area contributed by atoms with Gasteiger partial charge in [-0.15, -0.1) is 0 Å². The van der Waals surface area contributed by atoms with E-state index in [1.165, 1.54) is 7.11 Å². The van der Waals surface area contributed by atoms with Crippen molar-refractivity contribution in [2.45, 2.75) is 32.3 Å². The molecule has 0 aliphatic carbocycles. The number of ether oxygens (including phenoxy) is 3. The monoisotopic (exact) mass is 178 g/mol. The van der Waals surface area contributed by atoms with Gasteiger partial charge in [-0.25, -0.2) is 0 Å². The van der Waals surface area contributed by atoms with Gasteiger partial charge in [0.1, 0.15) is 6.10 Å². The van der Waals surface area contributed by atoms with E-state index in [9.17, 15) is 5.11 Å². The molecule has 0 aliphatic heterocycles. The van der Waals surface area contributed by atoms with Crippen molar-refractivity contribution in [3.63, 3.8) is 0 Å². The lowest BCUT2D eigenvalue weighted by Crippen LogP contribution is -2.30. The molecule has 0 heterocycles. The molecule has 3 atom stereocenters. The van der Waals surface area contributed by atoms with Crippen molar-refractivity contribution in [1.29, 1.82) is 0 Å². The maximum Gasteiger partial charge on any atom is 0.180 e. The van der Waals surface area contributed by atoms with Crippen LogP contribution in [0.4, 0.5) is 0 Å². The van der Waals surface area contributed by atoms with Gasteiger partial charge in [0.25, 0.3) is 0 Å². The van der Waals surface area contributed by atoms with Crippen molar-refractivity contribution in [2.24, 2.45) is 0 Å². The molecule has 4 heteroatoms. The van der Waals surface area contributed by atoms with Crippen LogP contribution in [0.25, 0.3) is 0 Å². The number of aliphatic hydroxyl groups excluding tert-OH is 1. The van der Waals surface area contributed by atoms with Gasteiger partial charge in [0.2, 0.25) is 0 Å². The molecule has 0 aromatic rings. The number of rotatable bonds is 6. The van der Waals surface area contributed by atoms with E-state index < -0.39 is 6.29 Å². The van der Waals surface area contributed by atoms with E-state index in [1.54, 1.807) is 14.0 Å². The molecule has 12 heavy (non-hydrogen) atoms. The van der Waals surface area contributed by atoms with Gasteiger partial charge in [-0.2, -0.15) is 0 Å². The van der Waals surface area contributed by atoms with Gasteiger partial charge >= 0.3 is 0 Å². The smallest absolute Gasteiger partial charge is 0.180 e. The number of methoxy groups -OCH3 is 2. The molecule has 0 aliphatic rings. The normalized spacial score (nSPS) is 18.8. The Morgan fingerprint density at radius 3 is 2.17 bits per heavy atom. The second kappa shape index (κ2) is 6.37. The first-order chi connectivity index (χ1) is 5.61. The molecule has 0 rings (SSSR count). The first-order valence-electron chi connectivity index (χ1n) is 3.97. The molecule has 0 bridgehead atoms. The van der Waals surface area contributed by atoms with Crippen LogP contribution in [-0.4, -0.2) is 44.4 Å². The first kappa shape index (κ1) is 11.8. The van der Waals surface area contributed by atoms with Crippen LogP contribution in [0.5, 0.6) is 0 Å². The third kappa shape index (κ3) is 4.66. The Hall–Kier alpha value is -0.160. The molecule has 0 amide bonds. The van der Waals surface area contributed by atoms with E-state index >= 15 is 0 Å². The van der Waals surface area contributed by atoms with Gasteiger partial charge in [-0.3, -0.25) is 0 Å². The zero-order chi connectivity index (χ0) is 9.56. The van der Waals surface area contributed by atoms with Crippen LogP contribution in [0.3, 0.4) is 0 Å². The van der Waals surface area contributed by atoms with Crippen LogP contribution in [0.15, 0.2) is 0 Å². The lowest BCUT2D eigenvalue weighted by Gasteiger charge is -2.19. The molecular weight excluding hydrogens is 160 g/mol. The van der Waals surface area contributed by atoms with E-state index in [4.69, 9.17) is 14.2 Å². The summed E-state index contributed by atoms with van der Waals surface area (Å²) >= 11 is 0. The predicted octanol–water partition coefficient (Wildman–Crippen LogP) is 0.391. The zero-order valence-electron chi connectivity index (χ0n) is 8.11. The van der Waals surface area contributed by atoms with Gasteiger partial charge in [-0.1, -0.05) is 0 Å². The third-order valence-corrected chi connectivity index (χ3v) is 1.68. The number of aliphatic hydroxyl groups is 1. The number of hydrogen-bond donors (Lipinski definition) is 1. The van der Waals surface area contributed by atoms with Crippen LogP contribution >= 0.6 is 0 Å². The van der Waals surface area contributed by atoms with Gasteiger partial charge < -0.3 is 19.3 Å². The molecule has 74 valence electrons.